The third-order valence-electron chi connectivity index (χ3n) is 6.98. The van der Waals surface area contributed by atoms with E-state index < -0.39 is 29.4 Å². The fourth-order valence-electron chi connectivity index (χ4n) is 4.64. The van der Waals surface area contributed by atoms with Crippen LogP contribution in [-0.2, 0) is 35.1 Å². The van der Waals surface area contributed by atoms with E-state index >= 15 is 0 Å². The largest absolute Gasteiger partial charge is 0.465 e. The molecular formula is C40H53Br3N6O8. The number of alkyl carbamates (subject to hydrolysis) is 2. The van der Waals surface area contributed by atoms with Gasteiger partial charge in [-0.05, 0) is 99.1 Å². The van der Waals surface area contributed by atoms with Crippen molar-refractivity contribution in [2.75, 3.05) is 18.5 Å². The Balaban J connectivity index is 0.000000344. The highest BCUT2D eigenvalue weighted by Gasteiger charge is 2.23. The first-order valence-electron chi connectivity index (χ1n) is 18.1. The second-order valence-electron chi connectivity index (χ2n) is 14.3. The first-order chi connectivity index (χ1) is 26.6. The lowest BCUT2D eigenvalue weighted by Crippen LogP contribution is -2.35. The molecule has 57 heavy (non-hydrogen) atoms. The maximum Gasteiger partial charge on any atom is 0.408 e. The van der Waals surface area contributed by atoms with Crippen LogP contribution in [0.1, 0.15) is 93.0 Å². The van der Waals surface area contributed by atoms with Crippen LogP contribution in [0.2, 0.25) is 0 Å². The molecule has 0 saturated heterocycles. The van der Waals surface area contributed by atoms with Crippen LogP contribution in [0.15, 0.2) is 69.9 Å². The Morgan fingerprint density at radius 1 is 0.754 bits per heavy atom. The number of carbonyl (C=O) groups excluding carboxylic acids is 4. The SMILES string of the molecule is CC(NC(=O)OC(C)(C)C)c1ncc(-c2ccc(Br)cc2)[nH]1.CCOC(=O)CBr.CCOC(=O)Cn1cc(-c2ccc(Br)cc2)nc1C(C)NC(=O)OC(C)(C)C. The van der Waals surface area contributed by atoms with Crippen LogP contribution in [0.3, 0.4) is 0 Å². The van der Waals surface area contributed by atoms with E-state index in [9.17, 15) is 19.2 Å². The number of imidazole rings is 2. The van der Waals surface area contributed by atoms with Crippen LogP contribution in [0.25, 0.3) is 22.5 Å². The average Bonchev–Trinajstić information content (AvgIpc) is 3.76. The number of rotatable bonds is 11. The van der Waals surface area contributed by atoms with Crippen LogP contribution in [0.4, 0.5) is 9.59 Å². The number of aromatic nitrogens is 4. The number of nitrogens with zero attached hydrogens (tertiary/aromatic N) is 3. The van der Waals surface area contributed by atoms with Gasteiger partial charge in [-0.25, -0.2) is 19.6 Å². The maximum atomic E-state index is 12.1. The summed E-state index contributed by atoms with van der Waals surface area (Å²) in [5.41, 5.74) is 2.41. The molecular weight excluding hydrogens is 932 g/mol. The number of hydrogen-bond donors (Lipinski definition) is 3. The summed E-state index contributed by atoms with van der Waals surface area (Å²) in [6.45, 7) is 18.8. The van der Waals surface area contributed by atoms with Crippen LogP contribution in [0.5, 0.6) is 0 Å². The molecule has 2 amide bonds. The number of benzene rings is 2. The van der Waals surface area contributed by atoms with Crippen molar-refractivity contribution in [2.45, 2.75) is 99.1 Å². The number of H-pyrrole nitrogens is 1. The third-order valence-corrected chi connectivity index (χ3v) is 8.50. The van der Waals surface area contributed by atoms with Gasteiger partial charge < -0.3 is 39.1 Å². The van der Waals surface area contributed by atoms with Crippen molar-refractivity contribution in [2.24, 2.45) is 0 Å². The van der Waals surface area contributed by atoms with Gasteiger partial charge in [-0.2, -0.15) is 0 Å². The summed E-state index contributed by atoms with van der Waals surface area (Å²) in [4.78, 5) is 58.2. The van der Waals surface area contributed by atoms with Gasteiger partial charge in [0.25, 0.3) is 0 Å². The number of ether oxygens (including phenoxy) is 4. The van der Waals surface area contributed by atoms with Crippen molar-refractivity contribution >= 4 is 71.9 Å². The molecule has 0 saturated carbocycles. The summed E-state index contributed by atoms with van der Waals surface area (Å²) in [7, 11) is 0. The van der Waals surface area contributed by atoms with E-state index in [2.05, 4.69) is 78.1 Å². The van der Waals surface area contributed by atoms with Crippen molar-refractivity contribution < 1.29 is 38.1 Å². The van der Waals surface area contributed by atoms with E-state index in [1.54, 1.807) is 58.5 Å². The van der Waals surface area contributed by atoms with Gasteiger partial charge in [0.15, 0.2) is 0 Å². The second-order valence-corrected chi connectivity index (χ2v) is 16.7. The molecule has 2 unspecified atom stereocenters. The van der Waals surface area contributed by atoms with Crippen LogP contribution in [-0.4, -0.2) is 73.4 Å². The molecule has 0 aliphatic carbocycles. The van der Waals surface area contributed by atoms with E-state index in [0.717, 1.165) is 25.8 Å². The van der Waals surface area contributed by atoms with Crippen molar-refractivity contribution in [3.8, 4) is 22.5 Å². The minimum Gasteiger partial charge on any atom is -0.465 e. The molecule has 2 aromatic heterocycles. The Labute approximate surface area is 360 Å². The number of aromatic amines is 1. The molecule has 14 nitrogen and oxygen atoms in total. The lowest BCUT2D eigenvalue weighted by Gasteiger charge is -2.22. The number of alkyl halides is 1. The fraction of sp³-hybridized carbons (Fsp3) is 0.450. The summed E-state index contributed by atoms with van der Waals surface area (Å²) in [5.74, 6) is 0.649. The Morgan fingerprint density at radius 3 is 1.68 bits per heavy atom. The molecule has 0 aliphatic heterocycles. The number of nitrogens with one attached hydrogen (secondary N) is 3. The van der Waals surface area contributed by atoms with Gasteiger partial charge in [0.1, 0.15) is 34.7 Å². The van der Waals surface area contributed by atoms with E-state index in [4.69, 9.17) is 14.2 Å². The van der Waals surface area contributed by atoms with Crippen LogP contribution in [0, 0.1) is 0 Å². The number of halogens is 3. The van der Waals surface area contributed by atoms with Gasteiger partial charge in [0.2, 0.25) is 0 Å². The van der Waals surface area contributed by atoms with Gasteiger partial charge in [-0.15, -0.1) is 0 Å². The quantitative estimate of drug-likeness (QED) is 0.0745. The van der Waals surface area contributed by atoms with Gasteiger partial charge in [0.05, 0.1) is 42.9 Å². The number of hydrogen-bond acceptors (Lipinski definition) is 10. The van der Waals surface area contributed by atoms with E-state index in [1.807, 2.05) is 76.2 Å². The first kappa shape index (κ1) is 48.9. The molecule has 0 radical (unpaired) electrons. The van der Waals surface area contributed by atoms with Gasteiger partial charge in [-0.1, -0.05) is 72.1 Å². The monoisotopic (exact) mass is 982 g/mol. The zero-order valence-electron chi connectivity index (χ0n) is 34.0. The highest BCUT2D eigenvalue weighted by molar-refractivity contribution is 9.10. The molecule has 17 heteroatoms. The van der Waals surface area contributed by atoms with Crippen LogP contribution >= 0.6 is 47.8 Å². The van der Waals surface area contributed by atoms with Gasteiger partial charge >= 0.3 is 24.1 Å². The van der Waals surface area contributed by atoms with E-state index in [1.165, 1.54) is 0 Å². The maximum absolute atomic E-state index is 12.1. The molecule has 4 rings (SSSR count). The molecule has 2 heterocycles. The molecule has 3 N–H and O–H groups in total. The summed E-state index contributed by atoms with van der Waals surface area (Å²) < 4.78 is 23.8. The van der Waals surface area contributed by atoms with Crippen LogP contribution < -0.4 is 10.6 Å². The lowest BCUT2D eigenvalue weighted by atomic mass is 10.2. The standard InChI is InChI=1S/C20H26BrN3O4.C16H20BrN3O2.C4H7BrO2/c1-6-27-17(25)12-24-11-16(14-7-9-15(21)10-8-14)23-18(24)13(2)22-19(26)28-20(3,4)5;1-10(19-15(21)22-16(2,3)4)14-18-9-13(20-14)11-5-7-12(17)8-6-11;1-2-7-4(6)3-5/h7-11,13H,6,12H2,1-5H3,(H,22,26);5-10H,1-4H3,(H,18,20)(H,19,21);2-3H2,1H3. The van der Waals surface area contributed by atoms with E-state index in [0.29, 0.717) is 35.9 Å². The number of amides is 2. The lowest BCUT2D eigenvalue weighted by molar-refractivity contribution is -0.144. The number of esters is 2. The Hall–Kier alpha value is -4.22. The molecule has 0 spiro atoms. The normalized spacial score (nSPS) is 12.0. The predicted octanol–water partition coefficient (Wildman–Crippen LogP) is 9.83. The first-order valence-corrected chi connectivity index (χ1v) is 20.8. The summed E-state index contributed by atoms with van der Waals surface area (Å²) in [6.07, 6.45) is 2.53. The second kappa shape index (κ2) is 23.3. The van der Waals surface area contributed by atoms with Gasteiger partial charge in [-0.3, -0.25) is 9.59 Å². The molecule has 2 aromatic carbocycles. The molecule has 312 valence electrons. The third kappa shape index (κ3) is 18.7. The zero-order chi connectivity index (χ0) is 42.9. The Morgan fingerprint density at radius 2 is 1.23 bits per heavy atom. The highest BCUT2D eigenvalue weighted by Crippen LogP contribution is 2.25. The Bertz CT molecular complexity index is 1880. The summed E-state index contributed by atoms with van der Waals surface area (Å²) in [5, 5.41) is 5.82. The zero-order valence-corrected chi connectivity index (χ0v) is 38.8. The minimum atomic E-state index is -0.604. The predicted molar refractivity (Wildman–Crippen MR) is 230 cm³/mol. The summed E-state index contributed by atoms with van der Waals surface area (Å²) in [6, 6.07) is 14.9. The highest BCUT2D eigenvalue weighted by atomic mass is 79.9. The topological polar surface area (TPSA) is 176 Å². The Kier molecular flexibility index (Phi) is 20.0. The molecule has 4 aromatic rings. The number of carbonyl (C=O) groups is 4. The summed E-state index contributed by atoms with van der Waals surface area (Å²) >= 11 is 9.77. The van der Waals surface area contributed by atoms with Crippen molar-refractivity contribution in [3.05, 3.63) is 81.5 Å². The van der Waals surface area contributed by atoms with Gasteiger partial charge in [0, 0.05) is 20.7 Å². The molecule has 0 fully saturated rings. The molecule has 2 atom stereocenters. The van der Waals surface area contributed by atoms with E-state index in [-0.39, 0.29) is 24.5 Å². The van der Waals surface area contributed by atoms with Crippen molar-refractivity contribution in [3.63, 3.8) is 0 Å². The fourth-order valence-corrected chi connectivity index (χ4v) is 5.33. The molecule has 0 bridgehead atoms. The van der Waals surface area contributed by atoms with Crippen molar-refractivity contribution in [1.82, 2.24) is 30.2 Å². The minimum absolute atomic E-state index is 0.00698. The smallest absolute Gasteiger partial charge is 0.408 e. The average molecular weight is 986 g/mol. The molecule has 0 aliphatic rings. The van der Waals surface area contributed by atoms with Crippen molar-refractivity contribution in [1.29, 1.82) is 0 Å².